The van der Waals surface area contributed by atoms with Crippen molar-refractivity contribution in [2.45, 2.75) is 139 Å². The first kappa shape index (κ1) is 68.4. The summed E-state index contributed by atoms with van der Waals surface area (Å²) < 4.78 is 101. The van der Waals surface area contributed by atoms with Gasteiger partial charge in [-0.15, -0.1) is 0 Å². The minimum absolute atomic E-state index is 0.200. The van der Waals surface area contributed by atoms with Gasteiger partial charge in [0.05, 0.1) is 38.6 Å². The molecule has 10 N–H and O–H groups in total. The molecule has 19 atom stereocenters. The van der Waals surface area contributed by atoms with Crippen molar-refractivity contribution in [3.05, 3.63) is 166 Å². The number of hydrogen-bond acceptors (Lipinski definition) is 21. The van der Waals surface area contributed by atoms with Gasteiger partial charge in [-0.2, -0.15) is 0 Å². The third-order valence-corrected chi connectivity index (χ3v) is 15.2. The maximum Gasteiger partial charge on any atom is 0.330 e. The Balaban J connectivity index is 0.000000174. The Hall–Kier alpha value is -7.68. The minimum Gasteiger partial charge on any atom is -0.394 e. The van der Waals surface area contributed by atoms with Gasteiger partial charge in [0.25, 0.3) is 27.8 Å². The van der Waals surface area contributed by atoms with E-state index in [0.717, 1.165) is 65.7 Å². The van der Waals surface area contributed by atoms with Crippen LogP contribution in [0, 0.1) is 23.7 Å². The first-order valence-corrected chi connectivity index (χ1v) is 26.8. The van der Waals surface area contributed by atoms with Gasteiger partial charge in [-0.05, 0) is 6.42 Å². The molecule has 5 aromatic rings. The molecule has 31 nitrogen and oxygen atoms in total. The second-order valence-corrected chi connectivity index (χ2v) is 20.7. The number of ether oxygens (including phenoxy) is 5. The monoisotopic (exact) mass is 1250 g/mol. The third-order valence-electron chi connectivity index (χ3n) is 15.2. The van der Waals surface area contributed by atoms with Crippen LogP contribution in [0.3, 0.4) is 0 Å². The van der Waals surface area contributed by atoms with Crippen LogP contribution in [0.15, 0.2) is 109 Å². The number of aliphatic hydroxyl groups excluding tert-OH is 5. The average molecular weight is 1250 g/mol. The maximum atomic E-state index is 14.2. The van der Waals surface area contributed by atoms with E-state index in [0.29, 0.717) is 12.7 Å². The van der Waals surface area contributed by atoms with E-state index in [1.54, 1.807) is 13.8 Å². The zero-order valence-corrected chi connectivity index (χ0v) is 46.7. The first-order chi connectivity index (χ1) is 41.1. The number of carbonyl (C=O) groups excluding carboxylic acids is 1. The summed E-state index contributed by atoms with van der Waals surface area (Å²) in [6.45, 7) is 6.27. The van der Waals surface area contributed by atoms with Crippen molar-refractivity contribution < 1.29 is 76.0 Å². The maximum absolute atomic E-state index is 14.2. The van der Waals surface area contributed by atoms with Gasteiger partial charge in [-0.3, -0.25) is 71.7 Å². The van der Waals surface area contributed by atoms with Crippen molar-refractivity contribution in [1.82, 2.24) is 47.8 Å². The zero-order chi connectivity index (χ0) is 64.5. The van der Waals surface area contributed by atoms with Gasteiger partial charge in [0.15, 0.2) is 62.0 Å². The highest BCUT2D eigenvalue weighted by Crippen LogP contribution is 2.43. The van der Waals surface area contributed by atoms with E-state index in [2.05, 4.69) is 4.98 Å². The standard InChI is InChI=1S/C11H15FN2O5.C11H15FN2O3.C10H13FN2O4.C10H11FN2O4.C9H11FN2O5/c1-6-8(12)9(19-11(6,4-15)5-16)14-3-2-7(17)13-10(14)18;1-3-7-6(2)9(12)10(17-7)14-5-4-8(15)13-11(14)16;2*1-5-6(4-14)17-9(8(5)11)13-3-2-7(15)12-10(13)16;10-6-7(15)4(3-13)17-8(6)12-2-1-5(14)11-9(12)16/h2-3,6,8-9,15-16H,4-5H2,1H3,(H,13,17,18);4-7,9-10H,3H2,1-2H3,(H,13,15,16);2-3,5-6,8-9,14H,4H2,1H3,(H,12,15,16);2-6,8-9H,1H3,(H,12,15,16);1-2,4,6-8,13,15H,3H2,(H,11,14,16)/t6-,8-,9+;6-,7-,9+,10-;2*5-,6-,8+,9-;4-,6+,7-,8-/m01111/s1. The Bertz CT molecular complexity index is 3530. The number of H-pyrrole nitrogens is 5. The van der Waals surface area contributed by atoms with Gasteiger partial charge < -0.3 is 54.0 Å². The van der Waals surface area contributed by atoms with E-state index in [4.69, 9.17) is 33.9 Å². The van der Waals surface area contributed by atoms with E-state index >= 15 is 0 Å². The fourth-order valence-electron chi connectivity index (χ4n) is 9.77. The van der Waals surface area contributed by atoms with Gasteiger partial charge in [-0.25, -0.2) is 45.9 Å². The van der Waals surface area contributed by atoms with Crippen molar-refractivity contribution >= 4 is 6.29 Å². The van der Waals surface area contributed by atoms with E-state index in [1.807, 2.05) is 26.9 Å². The van der Waals surface area contributed by atoms with Gasteiger partial charge in [0, 0.05) is 85.0 Å². The van der Waals surface area contributed by atoms with Crippen LogP contribution >= 0.6 is 0 Å². The van der Waals surface area contributed by atoms with Crippen LogP contribution in [-0.2, 0) is 28.5 Å². The average Bonchev–Trinajstić information content (AvgIpc) is 1.94. The van der Waals surface area contributed by atoms with Gasteiger partial charge in [0.2, 0.25) is 0 Å². The summed E-state index contributed by atoms with van der Waals surface area (Å²) in [5.74, 6) is -2.20. The van der Waals surface area contributed by atoms with Crippen LogP contribution < -0.4 is 56.2 Å². The molecule has 0 bridgehead atoms. The van der Waals surface area contributed by atoms with Gasteiger partial charge in [0.1, 0.15) is 30.2 Å². The molecular weight excluding hydrogens is 1180 g/mol. The Morgan fingerprint density at radius 1 is 0.460 bits per heavy atom. The lowest BCUT2D eigenvalue weighted by molar-refractivity contribution is -0.136. The van der Waals surface area contributed by atoms with Crippen molar-refractivity contribution in [2.24, 2.45) is 23.7 Å². The molecule has 5 saturated heterocycles. The molecule has 36 heteroatoms. The number of carbonyl (C=O) groups is 1. The minimum atomic E-state index is -1.85. The molecule has 5 aliphatic heterocycles. The Kier molecular flexibility index (Phi) is 23.1. The normalized spacial score (nSPS) is 32.1. The Morgan fingerprint density at radius 2 is 0.770 bits per heavy atom. The highest BCUT2D eigenvalue weighted by Gasteiger charge is 2.54. The second kappa shape index (κ2) is 29.3. The van der Waals surface area contributed by atoms with E-state index in [1.165, 1.54) is 32.3 Å². The van der Waals surface area contributed by atoms with Crippen LogP contribution in [0.2, 0.25) is 0 Å². The summed E-state index contributed by atoms with van der Waals surface area (Å²) in [7, 11) is 0. The molecule has 0 unspecified atom stereocenters. The smallest absolute Gasteiger partial charge is 0.330 e. The highest BCUT2D eigenvalue weighted by molar-refractivity contribution is 5.57. The van der Waals surface area contributed by atoms with Gasteiger partial charge >= 0.3 is 28.4 Å². The molecule has 87 heavy (non-hydrogen) atoms. The number of alkyl halides is 5. The number of aromatic amines is 5. The number of nitrogens with zero attached hydrogens (tertiary/aromatic N) is 5. The number of hydrogen-bond donors (Lipinski definition) is 10. The molecule has 0 saturated carbocycles. The van der Waals surface area contributed by atoms with Crippen LogP contribution in [0.1, 0.15) is 72.2 Å². The number of halogens is 5. The molecule has 0 amide bonds. The molecule has 10 rings (SSSR count). The number of aromatic nitrogens is 10. The molecule has 10 heterocycles. The van der Waals surface area contributed by atoms with E-state index in [9.17, 15) is 90.0 Å². The summed E-state index contributed by atoms with van der Waals surface area (Å²) in [4.78, 5) is 133. The van der Waals surface area contributed by atoms with Crippen molar-refractivity contribution in [3.63, 3.8) is 0 Å². The number of nitrogens with one attached hydrogen (secondary N) is 5. The van der Waals surface area contributed by atoms with Crippen molar-refractivity contribution in [2.75, 3.05) is 26.4 Å². The summed E-state index contributed by atoms with van der Waals surface area (Å²) in [6, 6.07) is 5.50. The largest absolute Gasteiger partial charge is 0.394 e. The summed E-state index contributed by atoms with van der Waals surface area (Å²) >= 11 is 0. The summed E-state index contributed by atoms with van der Waals surface area (Å²) in [5.41, 5.74) is -8.05. The molecule has 5 aromatic heterocycles. The fraction of sp³-hybridized carbons (Fsp3) is 0.588. The predicted molar refractivity (Wildman–Crippen MR) is 287 cm³/mol. The second-order valence-electron chi connectivity index (χ2n) is 20.7. The lowest BCUT2D eigenvalue weighted by atomic mass is 9.89. The van der Waals surface area contributed by atoms with E-state index in [-0.39, 0.29) is 18.6 Å². The van der Waals surface area contributed by atoms with E-state index < -0.39 is 186 Å². The third kappa shape index (κ3) is 15.0. The SMILES string of the molecule is CC[C@H]1O[C@@H](n2ccc(=O)[nH]c2=O)[C@@H](F)[C@@H]1C.C[C@H]1[C@H](F)[C@H](n2ccc(=O)[nH]c2=O)OC1(CO)CO.C[C@H]1[C@H](F)[C@H](n2ccc(=O)[nH]c2=O)O[C@@H]1C=O.C[C@H]1[C@H](F)[C@H](n2ccc(=O)[nH]c2=O)O[C@@H]1CO.O=c1ccn([C@@H]2O[C@H](CO)[C@@H](O)[C@@H]2F)c(=O)[nH]1. The lowest BCUT2D eigenvalue weighted by Crippen LogP contribution is -2.43. The van der Waals surface area contributed by atoms with Crippen LogP contribution in [-0.4, -0.2) is 173 Å². The molecule has 0 spiro atoms. The van der Waals surface area contributed by atoms with Crippen LogP contribution in [0.5, 0.6) is 0 Å². The quantitative estimate of drug-likeness (QED) is 0.0458. The highest BCUT2D eigenvalue weighted by atomic mass is 19.2. The Labute approximate surface area is 483 Å². The zero-order valence-electron chi connectivity index (χ0n) is 46.7. The predicted octanol–water partition coefficient (Wildman–Crippen LogP) is -3.29. The number of aldehydes is 1. The molecular formula is C51H65F5N10O21. The lowest BCUT2D eigenvalue weighted by Gasteiger charge is -2.28. The molecule has 480 valence electrons. The molecule has 5 fully saturated rings. The van der Waals surface area contributed by atoms with Crippen LogP contribution in [0.25, 0.3) is 0 Å². The number of rotatable bonds is 11. The molecule has 0 aliphatic carbocycles. The number of aliphatic hydroxyl groups is 5. The van der Waals surface area contributed by atoms with Crippen molar-refractivity contribution in [1.29, 1.82) is 0 Å². The van der Waals surface area contributed by atoms with Crippen molar-refractivity contribution in [3.8, 4) is 0 Å². The molecule has 0 radical (unpaired) electrons. The summed E-state index contributed by atoms with van der Waals surface area (Å²) in [5, 5.41) is 45.8. The topological polar surface area (TPSA) is 439 Å². The van der Waals surface area contributed by atoms with Crippen LogP contribution in [0.4, 0.5) is 22.0 Å². The van der Waals surface area contributed by atoms with Gasteiger partial charge in [-0.1, -0.05) is 34.6 Å². The fourth-order valence-corrected chi connectivity index (χ4v) is 9.77. The molecule has 5 aliphatic rings. The first-order valence-electron chi connectivity index (χ1n) is 26.8. The summed E-state index contributed by atoms with van der Waals surface area (Å²) in [6.07, 6.45) is -10.8. The molecule has 0 aromatic carbocycles. The Morgan fingerprint density at radius 3 is 1.05 bits per heavy atom.